The summed E-state index contributed by atoms with van der Waals surface area (Å²) in [6.45, 7) is 5.87. The van der Waals surface area contributed by atoms with Gasteiger partial charge in [0, 0.05) is 18.8 Å². The average molecular weight is 418 g/mol. The van der Waals surface area contributed by atoms with Crippen molar-refractivity contribution < 1.29 is 24.2 Å². The highest BCUT2D eigenvalue weighted by molar-refractivity contribution is 5.89. The molecule has 4 aliphatic carbocycles. The summed E-state index contributed by atoms with van der Waals surface area (Å²) in [7, 11) is 0. The van der Waals surface area contributed by atoms with E-state index in [9.17, 15) is 14.7 Å². The van der Waals surface area contributed by atoms with Crippen LogP contribution in [0.3, 0.4) is 0 Å². The van der Waals surface area contributed by atoms with E-state index in [0.29, 0.717) is 17.8 Å². The predicted octanol–water partition coefficient (Wildman–Crippen LogP) is 2.87. The molecule has 5 aliphatic rings. The third kappa shape index (κ3) is 2.32. The van der Waals surface area contributed by atoms with Crippen molar-refractivity contribution in [1.82, 2.24) is 0 Å². The Morgan fingerprint density at radius 1 is 1.20 bits per heavy atom. The lowest BCUT2D eigenvalue weighted by atomic mass is 9.47. The maximum Gasteiger partial charge on any atom is 0.302 e. The second-order valence-electron chi connectivity index (χ2n) is 11.0. The Hall–Kier alpha value is -1.40. The Morgan fingerprint density at radius 2 is 1.93 bits per heavy atom. The van der Waals surface area contributed by atoms with Crippen LogP contribution in [0.1, 0.15) is 72.1 Å². The number of allylic oxidation sites excluding steroid dienone is 1. The van der Waals surface area contributed by atoms with E-state index in [2.05, 4.69) is 19.9 Å². The Balaban J connectivity index is 1.42. The molecule has 6 nitrogen and oxygen atoms in total. The van der Waals surface area contributed by atoms with Gasteiger partial charge < -0.3 is 20.3 Å². The summed E-state index contributed by atoms with van der Waals surface area (Å²) in [5.74, 6) is 0.949. The number of rotatable bonds is 3. The van der Waals surface area contributed by atoms with Crippen molar-refractivity contribution in [2.75, 3.05) is 6.61 Å². The van der Waals surface area contributed by atoms with Gasteiger partial charge >= 0.3 is 5.97 Å². The van der Waals surface area contributed by atoms with Gasteiger partial charge in [0.15, 0.2) is 5.60 Å². The van der Waals surface area contributed by atoms with Crippen LogP contribution in [0.2, 0.25) is 0 Å². The third-order valence-corrected chi connectivity index (χ3v) is 10.1. The summed E-state index contributed by atoms with van der Waals surface area (Å²) in [5.41, 5.74) is 5.44. The Bertz CT molecular complexity index is 824. The number of fused-ring (bicyclic) bond motifs is 6. The number of aliphatic hydroxyl groups excluding tert-OH is 1. The van der Waals surface area contributed by atoms with Gasteiger partial charge in [-0.05, 0) is 68.1 Å². The molecule has 0 radical (unpaired) electrons. The van der Waals surface area contributed by atoms with Gasteiger partial charge in [0.05, 0.1) is 6.61 Å². The highest BCUT2D eigenvalue weighted by Gasteiger charge is 2.84. The molecular weight excluding hydrogens is 382 g/mol. The number of nitrogens with two attached hydrogens (primary N) is 1. The zero-order valence-electron chi connectivity index (χ0n) is 18.4. The van der Waals surface area contributed by atoms with Gasteiger partial charge in [0.25, 0.3) is 5.91 Å². The largest absolute Gasteiger partial charge is 0.462 e. The van der Waals surface area contributed by atoms with Crippen molar-refractivity contribution in [3.05, 3.63) is 11.6 Å². The van der Waals surface area contributed by atoms with Crippen LogP contribution in [0, 0.1) is 28.6 Å². The molecule has 8 unspecified atom stereocenters. The summed E-state index contributed by atoms with van der Waals surface area (Å²) in [4.78, 5) is 23.6. The fourth-order valence-electron chi connectivity index (χ4n) is 8.55. The number of aliphatic hydroxyl groups is 1. The molecule has 1 spiro atoms. The van der Waals surface area contributed by atoms with Crippen LogP contribution >= 0.6 is 0 Å². The molecule has 5 rings (SSSR count). The van der Waals surface area contributed by atoms with Crippen LogP contribution in [0.15, 0.2) is 11.6 Å². The minimum Gasteiger partial charge on any atom is -0.462 e. The van der Waals surface area contributed by atoms with E-state index in [1.165, 1.54) is 12.5 Å². The molecule has 6 heteroatoms. The first-order valence-corrected chi connectivity index (χ1v) is 11.6. The lowest BCUT2D eigenvalue weighted by molar-refractivity contribution is -0.148. The van der Waals surface area contributed by atoms with Gasteiger partial charge in [-0.1, -0.05) is 25.5 Å². The van der Waals surface area contributed by atoms with Crippen LogP contribution in [0.5, 0.6) is 0 Å². The first kappa shape index (κ1) is 20.5. The van der Waals surface area contributed by atoms with Crippen molar-refractivity contribution in [2.45, 2.75) is 89.4 Å². The summed E-state index contributed by atoms with van der Waals surface area (Å²) < 4.78 is 11.6. The normalized spacial score (nSPS) is 51.4. The molecule has 166 valence electrons. The molecule has 1 aliphatic heterocycles. The second kappa shape index (κ2) is 6.32. The number of hydrogen-bond acceptors (Lipinski definition) is 5. The van der Waals surface area contributed by atoms with E-state index in [1.54, 1.807) is 0 Å². The standard InChI is InChI=1S/C24H35NO5/c1-14(27)29-16-6-9-21(2)15(12-16)4-5-17-18(21)7-10-22(3)19(17)8-11-24(22)23(13-26,30-24)20(25)28/h4,16-19,26H,5-13H2,1-3H3,(H2,25,28). The number of amides is 1. The van der Waals surface area contributed by atoms with Crippen molar-refractivity contribution in [3.8, 4) is 0 Å². The molecule has 3 saturated carbocycles. The maximum atomic E-state index is 12.2. The third-order valence-electron chi connectivity index (χ3n) is 10.1. The Labute approximate surface area is 178 Å². The van der Waals surface area contributed by atoms with E-state index < -0.39 is 17.1 Å². The zero-order valence-corrected chi connectivity index (χ0v) is 18.4. The van der Waals surface area contributed by atoms with Gasteiger partial charge in [-0.15, -0.1) is 0 Å². The topological polar surface area (TPSA) is 102 Å². The SMILES string of the molecule is CC(=O)OC1CCC2(C)C(=CCC3C2CCC2(C)C3CCC23OC3(CO)C(N)=O)C1. The summed E-state index contributed by atoms with van der Waals surface area (Å²) in [6, 6.07) is 0. The predicted molar refractivity (Wildman–Crippen MR) is 110 cm³/mol. The van der Waals surface area contributed by atoms with Gasteiger partial charge in [-0.3, -0.25) is 9.59 Å². The summed E-state index contributed by atoms with van der Waals surface area (Å²) in [5, 5.41) is 10.0. The molecule has 0 aromatic heterocycles. The lowest BCUT2D eigenvalue weighted by Crippen LogP contribution is -2.55. The monoisotopic (exact) mass is 417 g/mol. The van der Waals surface area contributed by atoms with E-state index in [4.69, 9.17) is 15.2 Å². The number of ether oxygens (including phenoxy) is 2. The van der Waals surface area contributed by atoms with E-state index in [1.807, 2.05) is 0 Å². The van der Waals surface area contributed by atoms with Crippen LogP contribution in [-0.2, 0) is 19.1 Å². The highest BCUT2D eigenvalue weighted by Crippen LogP contribution is 2.75. The molecule has 1 saturated heterocycles. The van der Waals surface area contributed by atoms with E-state index in [0.717, 1.165) is 51.4 Å². The molecule has 0 aromatic rings. The number of carbonyl (C=O) groups is 2. The van der Waals surface area contributed by atoms with Crippen LogP contribution < -0.4 is 5.73 Å². The summed E-state index contributed by atoms with van der Waals surface area (Å²) in [6.07, 6.45) is 10.3. The fraction of sp³-hybridized carbons (Fsp3) is 0.833. The molecule has 0 aromatic carbocycles. The van der Waals surface area contributed by atoms with Crippen molar-refractivity contribution >= 4 is 11.9 Å². The first-order valence-electron chi connectivity index (χ1n) is 11.6. The van der Waals surface area contributed by atoms with Crippen LogP contribution in [0.4, 0.5) is 0 Å². The quantitative estimate of drug-likeness (QED) is 0.418. The molecule has 3 N–H and O–H groups in total. The van der Waals surface area contributed by atoms with Crippen molar-refractivity contribution in [2.24, 2.45) is 34.3 Å². The summed E-state index contributed by atoms with van der Waals surface area (Å²) >= 11 is 0. The van der Waals surface area contributed by atoms with Crippen LogP contribution in [-0.4, -0.2) is 40.9 Å². The first-order chi connectivity index (χ1) is 14.1. The molecule has 1 heterocycles. The highest BCUT2D eigenvalue weighted by atomic mass is 16.6. The van der Waals surface area contributed by atoms with Gasteiger partial charge in [-0.2, -0.15) is 0 Å². The maximum absolute atomic E-state index is 12.2. The number of carbonyl (C=O) groups excluding carboxylic acids is 2. The van der Waals surface area contributed by atoms with Gasteiger partial charge in [-0.25, -0.2) is 0 Å². The molecule has 4 fully saturated rings. The molecule has 1 amide bonds. The van der Waals surface area contributed by atoms with Gasteiger partial charge in [0.2, 0.25) is 0 Å². The Kier molecular flexibility index (Phi) is 4.32. The minimum absolute atomic E-state index is 0.0163. The number of hydrogen-bond donors (Lipinski definition) is 2. The molecule has 30 heavy (non-hydrogen) atoms. The number of epoxide rings is 1. The van der Waals surface area contributed by atoms with E-state index in [-0.39, 0.29) is 29.5 Å². The van der Waals surface area contributed by atoms with Gasteiger partial charge in [0.1, 0.15) is 11.7 Å². The fourth-order valence-corrected chi connectivity index (χ4v) is 8.55. The van der Waals surface area contributed by atoms with Crippen LogP contribution in [0.25, 0.3) is 0 Å². The zero-order chi connectivity index (χ0) is 21.5. The van der Waals surface area contributed by atoms with Crippen molar-refractivity contribution in [3.63, 3.8) is 0 Å². The molecule has 8 atom stereocenters. The minimum atomic E-state index is -1.19. The average Bonchev–Trinajstić information content (AvgIpc) is 3.29. The smallest absolute Gasteiger partial charge is 0.302 e. The molecular formula is C24H35NO5. The number of primary amides is 1. The second-order valence-corrected chi connectivity index (χ2v) is 11.0. The lowest BCUT2D eigenvalue weighted by Gasteiger charge is -2.58. The van der Waals surface area contributed by atoms with Crippen molar-refractivity contribution in [1.29, 1.82) is 0 Å². The molecule has 0 bridgehead atoms. The number of esters is 1. The van der Waals surface area contributed by atoms with E-state index >= 15 is 0 Å². The Morgan fingerprint density at radius 3 is 2.57 bits per heavy atom.